The second-order valence-electron chi connectivity index (χ2n) is 5.42. The highest BCUT2D eigenvalue weighted by molar-refractivity contribution is 5.95. The van der Waals surface area contributed by atoms with E-state index in [1.165, 1.54) is 0 Å². The van der Waals surface area contributed by atoms with E-state index in [0.717, 1.165) is 11.3 Å². The van der Waals surface area contributed by atoms with E-state index in [1.807, 2.05) is 74.5 Å². The van der Waals surface area contributed by atoms with Crippen LogP contribution in [0.3, 0.4) is 0 Å². The smallest absolute Gasteiger partial charge is 0.241 e. The first-order valence-corrected chi connectivity index (χ1v) is 7.31. The number of hydrogen-bond acceptors (Lipinski definition) is 2. The van der Waals surface area contributed by atoms with Crippen molar-refractivity contribution < 1.29 is 4.79 Å². The maximum absolute atomic E-state index is 12.5. The molecule has 0 aliphatic carbocycles. The molecule has 2 N–H and O–H groups in total. The Labute approximate surface area is 126 Å². The maximum atomic E-state index is 12.5. The van der Waals surface area contributed by atoms with E-state index >= 15 is 0 Å². The van der Waals surface area contributed by atoms with Gasteiger partial charge in [-0.2, -0.15) is 0 Å². The van der Waals surface area contributed by atoms with Crippen LogP contribution in [-0.2, 0) is 11.2 Å². The highest BCUT2D eigenvalue weighted by Crippen LogP contribution is 2.09. The van der Waals surface area contributed by atoms with Gasteiger partial charge in [0, 0.05) is 11.7 Å². The number of para-hydroxylation sites is 1. The van der Waals surface area contributed by atoms with Gasteiger partial charge >= 0.3 is 0 Å². The Balaban J connectivity index is 2.06. The van der Waals surface area contributed by atoms with Crippen molar-refractivity contribution in [2.75, 3.05) is 5.32 Å². The zero-order valence-electron chi connectivity index (χ0n) is 12.5. The highest BCUT2D eigenvalue weighted by Gasteiger charge is 2.19. The third-order valence-electron chi connectivity index (χ3n) is 3.17. The number of rotatable bonds is 6. The summed E-state index contributed by atoms with van der Waals surface area (Å²) in [5.74, 6) is -0.00115. The monoisotopic (exact) mass is 282 g/mol. The Morgan fingerprint density at radius 1 is 0.952 bits per heavy atom. The van der Waals surface area contributed by atoms with Gasteiger partial charge in [-0.1, -0.05) is 62.4 Å². The van der Waals surface area contributed by atoms with E-state index in [-0.39, 0.29) is 18.0 Å². The highest BCUT2D eigenvalue weighted by atomic mass is 16.2. The van der Waals surface area contributed by atoms with Crippen LogP contribution < -0.4 is 10.6 Å². The van der Waals surface area contributed by atoms with Crippen molar-refractivity contribution in [3.8, 4) is 0 Å². The standard InChI is InChI=1S/C18H22N2O/c1-14(2)19-17(13-15-9-5-3-6-10-15)18(21)20-16-11-7-4-8-12-16/h3-12,14,17,19H,13H2,1-2H3,(H,20,21)/t17-/m0/s1. The quantitative estimate of drug-likeness (QED) is 0.854. The largest absolute Gasteiger partial charge is 0.325 e. The number of benzene rings is 2. The molecule has 0 aliphatic rings. The van der Waals surface area contributed by atoms with Crippen molar-refractivity contribution >= 4 is 11.6 Å². The van der Waals surface area contributed by atoms with Gasteiger partial charge in [0.25, 0.3) is 0 Å². The third kappa shape index (κ3) is 5.04. The SMILES string of the molecule is CC(C)N[C@@H](Cc1ccccc1)C(=O)Nc1ccccc1. The first-order valence-electron chi connectivity index (χ1n) is 7.31. The first-order chi connectivity index (χ1) is 10.1. The average molecular weight is 282 g/mol. The summed E-state index contributed by atoms with van der Waals surface area (Å²) in [5, 5.41) is 6.30. The summed E-state index contributed by atoms with van der Waals surface area (Å²) in [7, 11) is 0. The van der Waals surface area contributed by atoms with Crippen molar-refractivity contribution in [2.24, 2.45) is 0 Å². The fourth-order valence-corrected chi connectivity index (χ4v) is 2.23. The molecule has 0 bridgehead atoms. The molecule has 2 aromatic carbocycles. The summed E-state index contributed by atoms with van der Waals surface area (Å²) in [4.78, 5) is 12.5. The van der Waals surface area contributed by atoms with E-state index < -0.39 is 0 Å². The Morgan fingerprint density at radius 2 is 1.52 bits per heavy atom. The molecule has 3 nitrogen and oxygen atoms in total. The lowest BCUT2D eigenvalue weighted by Gasteiger charge is -2.21. The molecule has 1 amide bonds. The summed E-state index contributed by atoms with van der Waals surface area (Å²) in [6.07, 6.45) is 0.678. The lowest BCUT2D eigenvalue weighted by Crippen LogP contribution is -2.45. The first kappa shape index (κ1) is 15.3. The van der Waals surface area contributed by atoms with Crippen LogP contribution in [-0.4, -0.2) is 18.0 Å². The number of carbonyl (C=O) groups excluding carboxylic acids is 1. The molecular formula is C18H22N2O. The van der Waals surface area contributed by atoms with E-state index in [1.54, 1.807) is 0 Å². The summed E-state index contributed by atoms with van der Waals surface area (Å²) >= 11 is 0. The van der Waals surface area contributed by atoms with Gasteiger partial charge in [0.15, 0.2) is 0 Å². The minimum absolute atomic E-state index is 0.00115. The number of nitrogens with one attached hydrogen (secondary N) is 2. The summed E-state index contributed by atoms with van der Waals surface area (Å²) in [6, 6.07) is 19.6. The number of amides is 1. The van der Waals surface area contributed by atoms with Crippen molar-refractivity contribution in [2.45, 2.75) is 32.4 Å². The van der Waals surface area contributed by atoms with Gasteiger partial charge in [0.2, 0.25) is 5.91 Å². The van der Waals surface area contributed by atoms with Crippen LogP contribution in [0.2, 0.25) is 0 Å². The number of hydrogen-bond donors (Lipinski definition) is 2. The molecule has 0 radical (unpaired) electrons. The van der Waals surface area contributed by atoms with Crippen LogP contribution in [0.15, 0.2) is 60.7 Å². The number of anilines is 1. The third-order valence-corrected chi connectivity index (χ3v) is 3.17. The van der Waals surface area contributed by atoms with Gasteiger partial charge in [-0.05, 0) is 24.1 Å². The summed E-state index contributed by atoms with van der Waals surface area (Å²) < 4.78 is 0. The molecule has 0 heterocycles. The van der Waals surface area contributed by atoms with E-state index in [9.17, 15) is 4.79 Å². The number of carbonyl (C=O) groups is 1. The van der Waals surface area contributed by atoms with Gasteiger partial charge in [-0.25, -0.2) is 0 Å². The Morgan fingerprint density at radius 3 is 2.10 bits per heavy atom. The van der Waals surface area contributed by atoms with Crippen LogP contribution in [0.1, 0.15) is 19.4 Å². The van der Waals surface area contributed by atoms with Crippen molar-refractivity contribution in [1.82, 2.24) is 5.32 Å². The molecule has 0 fully saturated rings. The fraction of sp³-hybridized carbons (Fsp3) is 0.278. The van der Waals surface area contributed by atoms with Gasteiger partial charge in [0.1, 0.15) is 0 Å². The van der Waals surface area contributed by atoms with Gasteiger partial charge < -0.3 is 10.6 Å². The molecule has 0 aromatic heterocycles. The summed E-state index contributed by atoms with van der Waals surface area (Å²) in [5.41, 5.74) is 1.98. The molecule has 21 heavy (non-hydrogen) atoms. The van der Waals surface area contributed by atoms with Crippen molar-refractivity contribution in [1.29, 1.82) is 0 Å². The van der Waals surface area contributed by atoms with E-state index in [4.69, 9.17) is 0 Å². The Kier molecular flexibility index (Phi) is 5.52. The van der Waals surface area contributed by atoms with Crippen molar-refractivity contribution in [3.63, 3.8) is 0 Å². The van der Waals surface area contributed by atoms with Crippen LogP contribution in [0, 0.1) is 0 Å². The maximum Gasteiger partial charge on any atom is 0.241 e. The van der Waals surface area contributed by atoms with Gasteiger partial charge in [-0.15, -0.1) is 0 Å². The molecule has 2 rings (SSSR count). The second kappa shape index (κ2) is 7.60. The minimum atomic E-state index is -0.243. The molecule has 0 aliphatic heterocycles. The normalized spacial score (nSPS) is 12.1. The molecule has 0 unspecified atom stereocenters. The minimum Gasteiger partial charge on any atom is -0.325 e. The topological polar surface area (TPSA) is 41.1 Å². The zero-order valence-corrected chi connectivity index (χ0v) is 12.5. The fourth-order valence-electron chi connectivity index (χ4n) is 2.23. The van der Waals surface area contributed by atoms with E-state index in [0.29, 0.717) is 6.42 Å². The van der Waals surface area contributed by atoms with Crippen LogP contribution >= 0.6 is 0 Å². The predicted octanol–water partition coefficient (Wildman–Crippen LogP) is 3.23. The van der Waals surface area contributed by atoms with Gasteiger partial charge in [0.05, 0.1) is 6.04 Å². The average Bonchev–Trinajstić information content (AvgIpc) is 2.48. The molecule has 0 saturated carbocycles. The molecule has 3 heteroatoms. The Bertz CT molecular complexity index is 552. The van der Waals surface area contributed by atoms with Crippen LogP contribution in [0.25, 0.3) is 0 Å². The van der Waals surface area contributed by atoms with Crippen LogP contribution in [0.5, 0.6) is 0 Å². The molecule has 1 atom stereocenters. The molecule has 2 aromatic rings. The second-order valence-corrected chi connectivity index (χ2v) is 5.42. The Hall–Kier alpha value is -2.13. The zero-order chi connectivity index (χ0) is 15.1. The lowest BCUT2D eigenvalue weighted by molar-refractivity contribution is -0.118. The predicted molar refractivity (Wildman–Crippen MR) is 87.3 cm³/mol. The summed E-state index contributed by atoms with van der Waals surface area (Å²) in [6.45, 7) is 4.10. The molecule has 0 saturated heterocycles. The van der Waals surface area contributed by atoms with Crippen molar-refractivity contribution in [3.05, 3.63) is 66.2 Å². The molecular weight excluding hydrogens is 260 g/mol. The molecule has 0 spiro atoms. The van der Waals surface area contributed by atoms with Gasteiger partial charge in [-0.3, -0.25) is 4.79 Å². The van der Waals surface area contributed by atoms with E-state index in [2.05, 4.69) is 10.6 Å². The lowest BCUT2D eigenvalue weighted by atomic mass is 10.0. The van der Waals surface area contributed by atoms with Crippen LogP contribution in [0.4, 0.5) is 5.69 Å². The molecule has 110 valence electrons.